The number of Topliss-reactive ketones (excluding diaryl/α,β-unsaturated/α-hetero) is 1. The number of halogens is 2. The van der Waals surface area contributed by atoms with Crippen molar-refractivity contribution in [3.8, 4) is 11.6 Å². The lowest BCUT2D eigenvalue weighted by Gasteiger charge is -2.09. The second-order valence-corrected chi connectivity index (χ2v) is 6.98. The van der Waals surface area contributed by atoms with E-state index in [0.717, 1.165) is 17.8 Å². The van der Waals surface area contributed by atoms with Gasteiger partial charge in [-0.2, -0.15) is 4.98 Å². The first kappa shape index (κ1) is 19.9. The molecule has 0 fully saturated rings. The van der Waals surface area contributed by atoms with Crippen LogP contribution in [0.4, 0.5) is 8.78 Å². The van der Waals surface area contributed by atoms with E-state index in [1.807, 2.05) is 6.92 Å². The van der Waals surface area contributed by atoms with Gasteiger partial charge in [0.25, 0.3) is 0 Å². The molecule has 2 aromatic carbocycles. The molecule has 0 saturated heterocycles. The smallest absolute Gasteiger partial charge is 0.223 e. The fraction of sp³-hybridized carbons (Fsp3) is 0.190. The molecular weight excluding hydrogens is 382 g/mol. The molecule has 1 heterocycles. The Morgan fingerprint density at radius 1 is 1.07 bits per heavy atom. The zero-order valence-corrected chi connectivity index (χ0v) is 16.2. The number of rotatable bonds is 7. The van der Waals surface area contributed by atoms with Gasteiger partial charge < -0.3 is 4.74 Å². The Kier molecular flexibility index (Phi) is 6.36. The number of ether oxygens (including phenoxy) is 1. The van der Waals surface area contributed by atoms with Gasteiger partial charge in [0.2, 0.25) is 5.88 Å². The summed E-state index contributed by atoms with van der Waals surface area (Å²) in [6, 6.07) is 11.8. The predicted octanol–water partition coefficient (Wildman–Crippen LogP) is 5.60. The van der Waals surface area contributed by atoms with E-state index in [1.165, 1.54) is 24.8 Å². The van der Waals surface area contributed by atoms with Gasteiger partial charge in [0, 0.05) is 28.6 Å². The normalized spacial score (nSPS) is 10.7. The molecule has 0 atom stereocenters. The third-order valence-electron chi connectivity index (χ3n) is 3.95. The second-order valence-electron chi connectivity index (χ2n) is 6.04. The quantitative estimate of drug-likeness (QED) is 0.293. The molecule has 3 aromatic rings. The van der Waals surface area contributed by atoms with Gasteiger partial charge in [-0.25, -0.2) is 13.8 Å². The fourth-order valence-corrected chi connectivity index (χ4v) is 3.26. The van der Waals surface area contributed by atoms with E-state index < -0.39 is 11.6 Å². The lowest BCUT2D eigenvalue weighted by Crippen LogP contribution is -1.98. The van der Waals surface area contributed by atoms with Crippen LogP contribution in [-0.2, 0) is 12.2 Å². The number of thioether (sulfide) groups is 1. The molecule has 0 aliphatic heterocycles. The Morgan fingerprint density at radius 2 is 1.82 bits per heavy atom. The summed E-state index contributed by atoms with van der Waals surface area (Å²) >= 11 is 1.20. The number of benzene rings is 2. The summed E-state index contributed by atoms with van der Waals surface area (Å²) in [7, 11) is 0. The molecule has 0 bridgehead atoms. The predicted molar refractivity (Wildman–Crippen MR) is 104 cm³/mol. The molecule has 28 heavy (non-hydrogen) atoms. The minimum atomic E-state index is -0.488. The highest BCUT2D eigenvalue weighted by atomic mass is 32.2. The van der Waals surface area contributed by atoms with Crippen LogP contribution in [0.5, 0.6) is 11.6 Å². The van der Waals surface area contributed by atoms with Crippen LogP contribution in [0.1, 0.15) is 35.5 Å². The van der Waals surface area contributed by atoms with Crippen molar-refractivity contribution in [2.24, 2.45) is 0 Å². The minimum Gasteiger partial charge on any atom is -0.439 e. The number of ketones is 1. The van der Waals surface area contributed by atoms with E-state index in [2.05, 4.69) is 9.97 Å². The van der Waals surface area contributed by atoms with Crippen LogP contribution in [0.15, 0.2) is 53.7 Å². The Balaban J connectivity index is 1.77. The van der Waals surface area contributed by atoms with Crippen LogP contribution in [0.2, 0.25) is 0 Å². The first-order valence-electron chi connectivity index (χ1n) is 8.68. The zero-order valence-electron chi connectivity index (χ0n) is 15.4. The van der Waals surface area contributed by atoms with Gasteiger partial charge in [-0.05, 0) is 55.8 Å². The first-order valence-corrected chi connectivity index (χ1v) is 9.66. The molecule has 0 aliphatic carbocycles. The second kappa shape index (κ2) is 8.93. The van der Waals surface area contributed by atoms with E-state index >= 15 is 0 Å². The third-order valence-corrected chi connectivity index (χ3v) is 4.84. The van der Waals surface area contributed by atoms with Crippen LogP contribution >= 0.6 is 11.8 Å². The topological polar surface area (TPSA) is 52.1 Å². The van der Waals surface area contributed by atoms with Crippen molar-refractivity contribution in [1.29, 1.82) is 0 Å². The maximum atomic E-state index is 13.8. The minimum absolute atomic E-state index is 0.0230. The van der Waals surface area contributed by atoms with E-state index in [4.69, 9.17) is 4.74 Å². The van der Waals surface area contributed by atoms with Crippen LogP contribution in [-0.4, -0.2) is 15.8 Å². The monoisotopic (exact) mass is 400 g/mol. The first-order chi connectivity index (χ1) is 13.4. The molecule has 0 radical (unpaired) electrons. The van der Waals surface area contributed by atoms with Crippen molar-refractivity contribution in [1.82, 2.24) is 9.97 Å². The molecule has 7 heteroatoms. The SMILES string of the molecule is CCc1cc(Oc2ccc(C(C)=O)cc2)nc(SCc2cc(F)ccc2F)n1. The summed E-state index contributed by atoms with van der Waals surface area (Å²) in [6.07, 6.45) is 0.671. The summed E-state index contributed by atoms with van der Waals surface area (Å²) in [5.41, 5.74) is 1.61. The van der Waals surface area contributed by atoms with Gasteiger partial charge in [-0.3, -0.25) is 4.79 Å². The van der Waals surface area contributed by atoms with Gasteiger partial charge >= 0.3 is 0 Å². The van der Waals surface area contributed by atoms with Gasteiger partial charge in [0.15, 0.2) is 10.9 Å². The molecule has 144 valence electrons. The molecule has 0 N–H and O–H groups in total. The standard InChI is InChI=1S/C21H18F2N2O2S/c1-3-17-11-20(27-18-7-4-14(5-8-18)13(2)26)25-21(24-17)28-12-15-10-16(22)6-9-19(15)23/h4-11H,3,12H2,1-2H3. The third kappa shape index (κ3) is 5.13. The lowest BCUT2D eigenvalue weighted by atomic mass is 10.1. The largest absolute Gasteiger partial charge is 0.439 e. The molecule has 1 aromatic heterocycles. The molecule has 0 saturated carbocycles. The van der Waals surface area contributed by atoms with Crippen molar-refractivity contribution < 1.29 is 18.3 Å². The molecule has 0 amide bonds. The highest BCUT2D eigenvalue weighted by Gasteiger charge is 2.10. The average Bonchev–Trinajstić information content (AvgIpc) is 2.69. The summed E-state index contributed by atoms with van der Waals surface area (Å²) in [5.74, 6) is 0.109. The van der Waals surface area contributed by atoms with E-state index in [9.17, 15) is 13.6 Å². The van der Waals surface area contributed by atoms with Crippen LogP contribution in [0, 0.1) is 11.6 Å². The number of aryl methyl sites for hydroxylation is 1. The number of hydrogen-bond acceptors (Lipinski definition) is 5. The van der Waals surface area contributed by atoms with E-state index in [1.54, 1.807) is 30.3 Å². The number of aromatic nitrogens is 2. The van der Waals surface area contributed by atoms with Crippen LogP contribution < -0.4 is 4.74 Å². The average molecular weight is 400 g/mol. The molecule has 0 spiro atoms. The van der Waals surface area contributed by atoms with E-state index in [-0.39, 0.29) is 17.1 Å². The number of nitrogens with zero attached hydrogens (tertiary/aromatic N) is 2. The number of carbonyl (C=O) groups excluding carboxylic acids is 1. The van der Waals surface area contributed by atoms with Crippen molar-refractivity contribution in [3.63, 3.8) is 0 Å². The molecule has 0 aliphatic rings. The van der Waals surface area contributed by atoms with Gasteiger partial charge in [0.05, 0.1) is 0 Å². The molecular formula is C21H18F2N2O2S. The zero-order chi connectivity index (χ0) is 20.1. The van der Waals surface area contributed by atoms with Crippen molar-refractivity contribution >= 4 is 17.5 Å². The van der Waals surface area contributed by atoms with Crippen molar-refractivity contribution in [2.45, 2.75) is 31.2 Å². The van der Waals surface area contributed by atoms with Crippen molar-refractivity contribution in [3.05, 3.63) is 77.0 Å². The van der Waals surface area contributed by atoms with E-state index in [0.29, 0.717) is 28.8 Å². The van der Waals surface area contributed by atoms with Gasteiger partial charge in [-0.15, -0.1) is 0 Å². The maximum absolute atomic E-state index is 13.8. The summed E-state index contributed by atoms with van der Waals surface area (Å²) in [5, 5.41) is 0.415. The van der Waals surface area contributed by atoms with Crippen LogP contribution in [0.3, 0.4) is 0 Å². The maximum Gasteiger partial charge on any atom is 0.223 e. The Morgan fingerprint density at radius 3 is 2.50 bits per heavy atom. The fourth-order valence-electron chi connectivity index (χ4n) is 2.42. The molecule has 3 rings (SSSR count). The summed E-state index contributed by atoms with van der Waals surface area (Å²) in [4.78, 5) is 20.1. The number of hydrogen-bond donors (Lipinski definition) is 0. The summed E-state index contributed by atoms with van der Waals surface area (Å²) < 4.78 is 32.9. The highest BCUT2D eigenvalue weighted by Crippen LogP contribution is 2.26. The van der Waals surface area contributed by atoms with Crippen LogP contribution in [0.25, 0.3) is 0 Å². The molecule has 4 nitrogen and oxygen atoms in total. The molecule has 0 unspecified atom stereocenters. The Bertz CT molecular complexity index is 994. The van der Waals surface area contributed by atoms with Crippen molar-refractivity contribution in [2.75, 3.05) is 0 Å². The highest BCUT2D eigenvalue weighted by molar-refractivity contribution is 7.98. The Labute approximate surface area is 166 Å². The number of carbonyl (C=O) groups is 1. The Hall–Kier alpha value is -2.80. The summed E-state index contributed by atoms with van der Waals surface area (Å²) in [6.45, 7) is 3.45. The van der Waals surface area contributed by atoms with Gasteiger partial charge in [-0.1, -0.05) is 18.7 Å². The van der Waals surface area contributed by atoms with Gasteiger partial charge in [0.1, 0.15) is 17.4 Å². The lowest BCUT2D eigenvalue weighted by molar-refractivity contribution is 0.101.